The molecule has 5 rings (SSSR count). The monoisotopic (exact) mass is 540 g/mol. The first-order valence-corrected chi connectivity index (χ1v) is 17.2. The molecule has 0 bridgehead atoms. The first-order valence-electron chi connectivity index (χ1n) is 15.7. The molecular formula is C37H49OP. The molecule has 208 valence electrons. The first-order chi connectivity index (χ1) is 19.0. The number of hydrogen-bond donors (Lipinski definition) is 0. The Hall–Kier alpha value is -2.11. The van der Waals surface area contributed by atoms with Gasteiger partial charge in [-0.1, -0.05) is 123 Å². The van der Waals surface area contributed by atoms with Crippen molar-refractivity contribution in [2.24, 2.45) is 0 Å². The molecule has 0 aliphatic heterocycles. The predicted molar refractivity (Wildman–Crippen MR) is 172 cm³/mol. The van der Waals surface area contributed by atoms with Crippen molar-refractivity contribution in [1.29, 1.82) is 0 Å². The van der Waals surface area contributed by atoms with Crippen LogP contribution in [0.15, 0.2) is 60.7 Å². The third-order valence-corrected chi connectivity index (χ3v) is 12.8. The van der Waals surface area contributed by atoms with Gasteiger partial charge < -0.3 is 4.74 Å². The molecule has 3 aromatic carbocycles. The molecule has 0 atom stereocenters. The molecule has 0 aromatic heterocycles. The van der Waals surface area contributed by atoms with Gasteiger partial charge in [0.1, 0.15) is 5.75 Å². The van der Waals surface area contributed by atoms with Gasteiger partial charge >= 0.3 is 0 Å². The Kier molecular flexibility index (Phi) is 9.50. The molecule has 0 radical (unpaired) electrons. The summed E-state index contributed by atoms with van der Waals surface area (Å²) in [5.74, 6) is 1.82. The van der Waals surface area contributed by atoms with E-state index in [1.165, 1.54) is 92.0 Å². The average Bonchev–Trinajstić information content (AvgIpc) is 2.98. The largest absolute Gasteiger partial charge is 0.497 e. The van der Waals surface area contributed by atoms with Crippen LogP contribution in [-0.2, 0) is 0 Å². The van der Waals surface area contributed by atoms with Crippen molar-refractivity contribution in [3.05, 3.63) is 71.8 Å². The normalized spacial score (nSPS) is 17.3. The van der Waals surface area contributed by atoms with Crippen molar-refractivity contribution < 1.29 is 4.74 Å². The van der Waals surface area contributed by atoms with E-state index in [1.54, 1.807) is 18.0 Å². The van der Waals surface area contributed by atoms with Crippen LogP contribution in [-0.4, -0.2) is 18.4 Å². The highest BCUT2D eigenvalue weighted by Gasteiger charge is 2.34. The summed E-state index contributed by atoms with van der Waals surface area (Å²) >= 11 is 0. The molecule has 2 saturated carbocycles. The Morgan fingerprint density at radius 1 is 0.641 bits per heavy atom. The maximum absolute atomic E-state index is 5.58. The molecule has 3 aromatic rings. The maximum atomic E-state index is 5.58. The topological polar surface area (TPSA) is 9.23 Å². The number of hydrogen-bond acceptors (Lipinski definition) is 1. The predicted octanol–water partition coefficient (Wildman–Crippen LogP) is 11.0. The second-order valence-corrected chi connectivity index (χ2v) is 15.3. The van der Waals surface area contributed by atoms with E-state index in [-0.39, 0.29) is 7.92 Å². The number of rotatable bonds is 8. The van der Waals surface area contributed by atoms with Gasteiger partial charge in [-0.05, 0) is 99.7 Å². The minimum absolute atomic E-state index is 0.174. The lowest BCUT2D eigenvalue weighted by Gasteiger charge is -2.40. The number of methoxy groups -OCH3 is 1. The minimum Gasteiger partial charge on any atom is -0.497 e. The van der Waals surface area contributed by atoms with Gasteiger partial charge in [-0.2, -0.15) is 0 Å². The van der Waals surface area contributed by atoms with E-state index < -0.39 is 0 Å². The molecule has 0 spiro atoms. The summed E-state index contributed by atoms with van der Waals surface area (Å²) in [5, 5.41) is 1.71. The van der Waals surface area contributed by atoms with E-state index in [0.717, 1.165) is 17.1 Å². The third-order valence-electron chi connectivity index (χ3n) is 9.23. The van der Waals surface area contributed by atoms with Gasteiger partial charge in [0.25, 0.3) is 0 Å². The maximum Gasteiger partial charge on any atom is 0.119 e. The van der Waals surface area contributed by atoms with Gasteiger partial charge in [0.05, 0.1) is 7.11 Å². The second-order valence-electron chi connectivity index (χ2n) is 12.6. The summed E-state index contributed by atoms with van der Waals surface area (Å²) < 4.78 is 5.58. The smallest absolute Gasteiger partial charge is 0.119 e. The Morgan fingerprint density at radius 3 is 1.74 bits per heavy atom. The quantitative estimate of drug-likeness (QED) is 0.258. The van der Waals surface area contributed by atoms with Crippen LogP contribution < -0.4 is 10.0 Å². The summed E-state index contributed by atoms with van der Waals surface area (Å²) in [5.41, 5.74) is 10.4. The van der Waals surface area contributed by atoms with Crippen molar-refractivity contribution in [3.8, 4) is 28.0 Å². The molecule has 1 nitrogen and oxygen atoms in total. The summed E-state index contributed by atoms with van der Waals surface area (Å²) in [6.07, 6.45) is 14.4. The van der Waals surface area contributed by atoms with Gasteiger partial charge in [-0.15, -0.1) is 0 Å². The fraction of sp³-hybridized carbons (Fsp3) is 0.514. The summed E-state index contributed by atoms with van der Waals surface area (Å²) in [6, 6.07) is 23.2. The second kappa shape index (κ2) is 13.0. The summed E-state index contributed by atoms with van der Waals surface area (Å²) in [4.78, 5) is 0. The standard InChI is InChI=1S/C37H49OP/c1-26(2)34-24-29(28-15-14-16-30(23-28)38-5)25-35(27(3)4)37(34)33-21-12-13-22-36(33)39(31-17-8-6-9-18-31)32-19-10-7-11-20-32/h12-16,21-27,31-32H,6-11,17-20H2,1-5H3. The average molecular weight is 541 g/mol. The zero-order chi connectivity index (χ0) is 27.4. The highest BCUT2D eigenvalue weighted by atomic mass is 31.1. The third kappa shape index (κ3) is 6.30. The van der Waals surface area contributed by atoms with E-state index in [4.69, 9.17) is 4.74 Å². The van der Waals surface area contributed by atoms with Crippen molar-refractivity contribution in [2.75, 3.05) is 7.11 Å². The van der Waals surface area contributed by atoms with Crippen LogP contribution >= 0.6 is 7.92 Å². The van der Waals surface area contributed by atoms with Crippen LogP contribution in [0.3, 0.4) is 0 Å². The molecule has 2 fully saturated rings. The van der Waals surface area contributed by atoms with E-state index in [2.05, 4.69) is 82.3 Å². The van der Waals surface area contributed by atoms with E-state index in [0.29, 0.717) is 11.8 Å². The Labute approximate surface area is 239 Å². The SMILES string of the molecule is COc1cccc(-c2cc(C(C)C)c(-c3ccccc3P(C3CCCCC3)C3CCCCC3)c(C(C)C)c2)c1. The molecule has 0 saturated heterocycles. The lowest BCUT2D eigenvalue weighted by atomic mass is 9.82. The fourth-order valence-electron chi connectivity index (χ4n) is 7.20. The van der Waals surface area contributed by atoms with Crippen LogP contribution in [0.2, 0.25) is 0 Å². The Morgan fingerprint density at radius 2 is 1.21 bits per heavy atom. The van der Waals surface area contributed by atoms with E-state index in [9.17, 15) is 0 Å². The lowest BCUT2D eigenvalue weighted by Crippen LogP contribution is -2.27. The minimum atomic E-state index is -0.174. The number of benzene rings is 3. The summed E-state index contributed by atoms with van der Waals surface area (Å²) in [7, 11) is 1.58. The van der Waals surface area contributed by atoms with Crippen LogP contribution in [0.25, 0.3) is 22.3 Å². The first kappa shape index (κ1) is 28.4. The van der Waals surface area contributed by atoms with E-state index in [1.807, 2.05) is 6.07 Å². The number of ether oxygens (including phenoxy) is 1. The lowest BCUT2D eigenvalue weighted by molar-refractivity contribution is 0.415. The highest BCUT2D eigenvalue weighted by molar-refractivity contribution is 7.67. The highest BCUT2D eigenvalue weighted by Crippen LogP contribution is 2.57. The van der Waals surface area contributed by atoms with Crippen LogP contribution in [0.5, 0.6) is 5.75 Å². The van der Waals surface area contributed by atoms with Gasteiger partial charge in [0, 0.05) is 0 Å². The van der Waals surface area contributed by atoms with Gasteiger partial charge in [0.15, 0.2) is 0 Å². The fourth-order valence-corrected chi connectivity index (χ4v) is 11.1. The Bertz CT molecular complexity index is 1180. The molecule has 0 heterocycles. The van der Waals surface area contributed by atoms with Crippen LogP contribution in [0, 0.1) is 0 Å². The van der Waals surface area contributed by atoms with Crippen LogP contribution in [0.1, 0.15) is 115 Å². The Balaban J connectivity index is 1.69. The molecule has 0 amide bonds. The zero-order valence-corrected chi connectivity index (χ0v) is 25.9. The van der Waals surface area contributed by atoms with Crippen molar-refractivity contribution in [2.45, 2.75) is 115 Å². The van der Waals surface area contributed by atoms with Gasteiger partial charge in [0.2, 0.25) is 0 Å². The zero-order valence-electron chi connectivity index (χ0n) is 25.0. The van der Waals surface area contributed by atoms with Gasteiger partial charge in [-0.3, -0.25) is 0 Å². The van der Waals surface area contributed by atoms with Gasteiger partial charge in [-0.25, -0.2) is 0 Å². The molecule has 2 aliphatic rings. The summed E-state index contributed by atoms with van der Waals surface area (Å²) in [6.45, 7) is 9.52. The van der Waals surface area contributed by atoms with Crippen molar-refractivity contribution in [1.82, 2.24) is 0 Å². The molecule has 2 aliphatic carbocycles. The van der Waals surface area contributed by atoms with E-state index >= 15 is 0 Å². The molecule has 0 N–H and O–H groups in total. The van der Waals surface area contributed by atoms with Crippen LogP contribution in [0.4, 0.5) is 0 Å². The molecule has 2 heteroatoms. The van der Waals surface area contributed by atoms with Crippen molar-refractivity contribution >= 4 is 13.2 Å². The molecule has 39 heavy (non-hydrogen) atoms. The molecular weight excluding hydrogens is 491 g/mol. The van der Waals surface area contributed by atoms with Crippen molar-refractivity contribution in [3.63, 3.8) is 0 Å². The molecule has 0 unspecified atom stereocenters.